The molecule has 2 N–H and O–H groups in total. The number of fused-ring (bicyclic) bond motifs is 5. The van der Waals surface area contributed by atoms with Crippen molar-refractivity contribution in [1.82, 2.24) is 14.8 Å². The predicted octanol–water partition coefficient (Wildman–Crippen LogP) is 0.992. The second kappa shape index (κ2) is 5.34. The van der Waals surface area contributed by atoms with Gasteiger partial charge in [0.15, 0.2) is 5.54 Å². The van der Waals surface area contributed by atoms with E-state index in [-0.39, 0.29) is 25.0 Å². The quantitative estimate of drug-likeness (QED) is 0.883. The number of carbonyl (C=O) groups excluding carboxylic acids is 2. The van der Waals surface area contributed by atoms with Gasteiger partial charge >= 0.3 is 0 Å². The largest absolute Gasteiger partial charge is 0.396 e. The maximum Gasteiger partial charge on any atom is 0.254 e. The number of nitrogens with one attached hydrogen (secondary N) is 1. The van der Waals surface area contributed by atoms with Crippen molar-refractivity contribution in [1.29, 1.82) is 0 Å². The topological polar surface area (TPSA) is 76.6 Å². The highest BCUT2D eigenvalue weighted by atomic mass is 16.3. The molecule has 0 bridgehead atoms. The number of para-hydroxylation sites is 1. The molecule has 2 amide bonds. The van der Waals surface area contributed by atoms with Crippen LogP contribution in [-0.4, -0.2) is 57.9 Å². The van der Waals surface area contributed by atoms with Gasteiger partial charge < -0.3 is 19.9 Å². The Morgan fingerprint density at radius 1 is 1.29 bits per heavy atom. The lowest BCUT2D eigenvalue weighted by Crippen LogP contribution is -2.67. The average Bonchev–Trinajstić information content (AvgIpc) is 2.97. The second-order valence-corrected chi connectivity index (χ2v) is 6.70. The molecule has 1 fully saturated rings. The zero-order valence-electron chi connectivity index (χ0n) is 13.7. The minimum atomic E-state index is -0.989. The lowest BCUT2D eigenvalue weighted by atomic mass is 9.83. The van der Waals surface area contributed by atoms with Gasteiger partial charge in [-0.25, -0.2) is 0 Å². The van der Waals surface area contributed by atoms with Gasteiger partial charge in [-0.1, -0.05) is 18.2 Å². The Labute approximate surface area is 140 Å². The summed E-state index contributed by atoms with van der Waals surface area (Å²) in [7, 11) is 0. The number of aliphatic hydroxyl groups excluding tert-OH is 1. The lowest BCUT2D eigenvalue weighted by Gasteiger charge is -2.49. The summed E-state index contributed by atoms with van der Waals surface area (Å²) >= 11 is 0. The maximum atomic E-state index is 13.2. The van der Waals surface area contributed by atoms with E-state index in [1.165, 1.54) is 0 Å². The summed E-state index contributed by atoms with van der Waals surface area (Å²) in [4.78, 5) is 32.5. The summed E-state index contributed by atoms with van der Waals surface area (Å²) < 4.78 is 0. The van der Waals surface area contributed by atoms with Crippen molar-refractivity contribution in [3.05, 3.63) is 35.5 Å². The molecule has 0 aliphatic carbocycles. The predicted molar refractivity (Wildman–Crippen MR) is 89.4 cm³/mol. The molecule has 0 spiro atoms. The third-order valence-corrected chi connectivity index (χ3v) is 5.34. The second-order valence-electron chi connectivity index (χ2n) is 6.70. The zero-order chi connectivity index (χ0) is 16.9. The third kappa shape index (κ3) is 1.92. The van der Waals surface area contributed by atoms with Crippen molar-refractivity contribution in [2.75, 3.05) is 26.2 Å². The van der Waals surface area contributed by atoms with Gasteiger partial charge in [-0.2, -0.15) is 0 Å². The fraction of sp³-hybridized carbons (Fsp3) is 0.444. The fourth-order valence-corrected chi connectivity index (χ4v) is 4.12. The SMILES string of the molecule is CC12C(=O)N(CCCO)CC(=O)N1CCc1c2[nH]c2ccccc12. The molecule has 2 aliphatic rings. The molecule has 6 heteroatoms. The van der Waals surface area contributed by atoms with Crippen LogP contribution >= 0.6 is 0 Å². The molecule has 1 saturated heterocycles. The van der Waals surface area contributed by atoms with Crippen LogP contribution in [0.15, 0.2) is 24.3 Å². The molecule has 1 aromatic heterocycles. The van der Waals surface area contributed by atoms with Gasteiger partial charge in [0.1, 0.15) is 0 Å². The number of carbonyl (C=O) groups is 2. The molecule has 0 radical (unpaired) electrons. The van der Waals surface area contributed by atoms with E-state index in [0.717, 1.165) is 28.6 Å². The number of aliphatic hydroxyl groups is 1. The zero-order valence-corrected chi connectivity index (χ0v) is 13.7. The van der Waals surface area contributed by atoms with Gasteiger partial charge in [0.2, 0.25) is 5.91 Å². The first-order valence-electron chi connectivity index (χ1n) is 8.38. The third-order valence-electron chi connectivity index (χ3n) is 5.34. The van der Waals surface area contributed by atoms with Gasteiger partial charge in [0, 0.05) is 30.6 Å². The van der Waals surface area contributed by atoms with Gasteiger partial charge in [0.25, 0.3) is 5.91 Å². The number of rotatable bonds is 3. The van der Waals surface area contributed by atoms with Crippen molar-refractivity contribution >= 4 is 22.7 Å². The Morgan fingerprint density at radius 3 is 2.88 bits per heavy atom. The minimum Gasteiger partial charge on any atom is -0.396 e. The number of hydrogen-bond donors (Lipinski definition) is 2. The van der Waals surface area contributed by atoms with Crippen LogP contribution in [0, 0.1) is 0 Å². The Bertz CT molecular complexity index is 828. The number of nitrogens with zero attached hydrogens (tertiary/aromatic N) is 2. The monoisotopic (exact) mass is 327 g/mol. The number of benzene rings is 1. The first kappa shape index (κ1) is 15.2. The van der Waals surface area contributed by atoms with Gasteiger partial charge in [-0.15, -0.1) is 0 Å². The van der Waals surface area contributed by atoms with Crippen LogP contribution in [0.1, 0.15) is 24.6 Å². The van der Waals surface area contributed by atoms with E-state index in [2.05, 4.69) is 11.1 Å². The molecule has 2 aliphatic heterocycles. The molecule has 126 valence electrons. The van der Waals surface area contributed by atoms with Crippen LogP contribution in [0.2, 0.25) is 0 Å². The van der Waals surface area contributed by atoms with Crippen LogP contribution in [0.5, 0.6) is 0 Å². The summed E-state index contributed by atoms with van der Waals surface area (Å²) in [6.07, 6.45) is 1.24. The summed E-state index contributed by atoms with van der Waals surface area (Å²) in [6.45, 7) is 2.91. The number of aromatic nitrogens is 1. The number of aromatic amines is 1. The van der Waals surface area contributed by atoms with Crippen molar-refractivity contribution in [2.45, 2.75) is 25.3 Å². The smallest absolute Gasteiger partial charge is 0.254 e. The van der Waals surface area contributed by atoms with Crippen LogP contribution in [0.25, 0.3) is 10.9 Å². The van der Waals surface area contributed by atoms with Crippen LogP contribution < -0.4 is 0 Å². The normalized spacial score (nSPS) is 23.6. The van der Waals surface area contributed by atoms with Gasteiger partial charge in [0.05, 0.1) is 12.2 Å². The van der Waals surface area contributed by atoms with Crippen LogP contribution in [-0.2, 0) is 21.5 Å². The summed E-state index contributed by atoms with van der Waals surface area (Å²) in [5.74, 6) is -0.0950. The fourth-order valence-electron chi connectivity index (χ4n) is 4.12. The Kier molecular flexibility index (Phi) is 3.38. The molecule has 1 unspecified atom stereocenters. The van der Waals surface area contributed by atoms with E-state index in [4.69, 9.17) is 5.11 Å². The number of H-pyrrole nitrogens is 1. The van der Waals surface area contributed by atoms with Crippen LogP contribution in [0.4, 0.5) is 0 Å². The van der Waals surface area contributed by atoms with Crippen molar-refractivity contribution < 1.29 is 14.7 Å². The van der Waals surface area contributed by atoms with Gasteiger partial charge in [-0.3, -0.25) is 9.59 Å². The minimum absolute atomic E-state index is 0.00996. The van der Waals surface area contributed by atoms with Crippen molar-refractivity contribution in [3.63, 3.8) is 0 Å². The molecular formula is C18H21N3O3. The Hall–Kier alpha value is -2.34. The molecular weight excluding hydrogens is 306 g/mol. The highest BCUT2D eigenvalue weighted by Gasteiger charge is 2.53. The van der Waals surface area contributed by atoms with Crippen molar-refractivity contribution in [3.8, 4) is 0 Å². The first-order chi connectivity index (χ1) is 11.6. The highest BCUT2D eigenvalue weighted by molar-refractivity contribution is 6.00. The molecule has 4 rings (SSSR count). The lowest BCUT2D eigenvalue weighted by molar-refractivity contribution is -0.166. The summed E-state index contributed by atoms with van der Waals surface area (Å²) in [5.41, 5.74) is 1.98. The van der Waals surface area contributed by atoms with Crippen molar-refractivity contribution in [2.24, 2.45) is 0 Å². The molecule has 2 aromatic rings. The molecule has 24 heavy (non-hydrogen) atoms. The van der Waals surface area contributed by atoms with E-state index >= 15 is 0 Å². The summed E-state index contributed by atoms with van der Waals surface area (Å²) in [5, 5.41) is 10.2. The molecule has 0 saturated carbocycles. The average molecular weight is 327 g/mol. The highest BCUT2D eigenvalue weighted by Crippen LogP contribution is 2.41. The number of hydrogen-bond acceptors (Lipinski definition) is 3. The maximum absolute atomic E-state index is 13.2. The van der Waals surface area contributed by atoms with E-state index in [9.17, 15) is 9.59 Å². The standard InChI is InChI=1S/C18H21N3O3/c1-18-16-13(12-5-2-3-6-14(12)19-16)7-9-21(18)15(23)11-20(17(18)24)8-4-10-22/h2-3,5-6,19,22H,4,7-11H2,1H3. The van der Waals surface area contributed by atoms with Crippen LogP contribution in [0.3, 0.4) is 0 Å². The van der Waals surface area contributed by atoms with E-state index in [1.54, 1.807) is 9.80 Å². The Morgan fingerprint density at radius 2 is 2.08 bits per heavy atom. The summed E-state index contributed by atoms with van der Waals surface area (Å²) in [6, 6.07) is 8.01. The Balaban J connectivity index is 1.85. The molecule has 6 nitrogen and oxygen atoms in total. The number of amides is 2. The molecule has 1 aromatic carbocycles. The number of piperazine rings is 1. The van der Waals surface area contributed by atoms with E-state index < -0.39 is 5.54 Å². The first-order valence-corrected chi connectivity index (χ1v) is 8.38. The van der Waals surface area contributed by atoms with E-state index in [1.807, 2.05) is 25.1 Å². The van der Waals surface area contributed by atoms with E-state index in [0.29, 0.717) is 19.5 Å². The molecule has 1 atom stereocenters. The molecule has 3 heterocycles. The van der Waals surface area contributed by atoms with Gasteiger partial charge in [-0.05, 0) is 31.4 Å².